The fourth-order valence-electron chi connectivity index (χ4n) is 1.04. The first-order valence-electron chi connectivity index (χ1n) is 4.37. The molecule has 0 radical (unpaired) electrons. The largest absolute Gasteiger partial charge is 0.346 e. The lowest BCUT2D eigenvalue weighted by Crippen LogP contribution is -2.23. The Morgan fingerprint density at radius 1 is 1.53 bits per heavy atom. The van der Waals surface area contributed by atoms with Gasteiger partial charge in [0, 0.05) is 23.5 Å². The minimum absolute atomic E-state index is 0.271. The number of hydrogen-bond donors (Lipinski definition) is 1. The maximum absolute atomic E-state index is 11.4. The summed E-state index contributed by atoms with van der Waals surface area (Å²) in [7, 11) is 0. The maximum atomic E-state index is 11.4. The van der Waals surface area contributed by atoms with E-state index < -0.39 is 0 Å². The van der Waals surface area contributed by atoms with Gasteiger partial charge in [0.05, 0.1) is 0 Å². The van der Waals surface area contributed by atoms with Crippen LogP contribution >= 0.6 is 11.3 Å². The predicted octanol–water partition coefficient (Wildman–Crippen LogP) is 2.17. The molecule has 0 spiro atoms. The molecule has 76 valence electrons. The zero-order chi connectivity index (χ0) is 10.5. The first-order chi connectivity index (χ1) is 7.36. The van der Waals surface area contributed by atoms with Crippen LogP contribution in [-0.2, 0) is 0 Å². The van der Waals surface area contributed by atoms with Crippen LogP contribution in [0, 0.1) is 0 Å². The van der Waals surface area contributed by atoms with Crippen molar-refractivity contribution in [3.63, 3.8) is 0 Å². The third kappa shape index (κ3) is 2.54. The molecule has 2 aromatic rings. The fourth-order valence-corrected chi connectivity index (χ4v) is 1.65. The van der Waals surface area contributed by atoms with Gasteiger partial charge in [0.2, 0.25) is 0 Å². The van der Waals surface area contributed by atoms with Crippen molar-refractivity contribution in [3.8, 4) is 0 Å². The monoisotopic (exact) mass is 219 g/mol. The molecule has 2 rings (SSSR count). The van der Waals surface area contributed by atoms with E-state index in [-0.39, 0.29) is 6.03 Å². The van der Waals surface area contributed by atoms with E-state index in [9.17, 15) is 4.79 Å². The van der Waals surface area contributed by atoms with Crippen molar-refractivity contribution >= 4 is 23.4 Å². The van der Waals surface area contributed by atoms with Crippen LogP contribution in [0.2, 0.25) is 0 Å². The van der Waals surface area contributed by atoms with E-state index in [0.29, 0.717) is 0 Å². The molecule has 5 heteroatoms. The molecule has 15 heavy (non-hydrogen) atoms. The van der Waals surface area contributed by atoms with Crippen molar-refractivity contribution in [1.29, 1.82) is 0 Å². The lowest BCUT2D eigenvalue weighted by atomic mass is 10.4. The number of nitrogens with one attached hydrogen (secondary N) is 1. The fraction of sp³-hybridized carbons (Fsp3) is 0. The van der Waals surface area contributed by atoms with Gasteiger partial charge in [-0.1, -0.05) is 6.07 Å². The van der Waals surface area contributed by atoms with Gasteiger partial charge >= 0.3 is 6.03 Å². The van der Waals surface area contributed by atoms with Gasteiger partial charge in [-0.25, -0.2) is 4.79 Å². The van der Waals surface area contributed by atoms with E-state index >= 15 is 0 Å². The molecule has 0 fully saturated rings. The number of rotatable bonds is 2. The second kappa shape index (κ2) is 4.56. The second-order valence-corrected chi connectivity index (χ2v) is 3.73. The van der Waals surface area contributed by atoms with Crippen LogP contribution in [0.15, 0.2) is 42.2 Å². The molecule has 0 saturated heterocycles. The number of hydrogen-bond acceptors (Lipinski definition) is 3. The van der Waals surface area contributed by atoms with Crippen LogP contribution in [-0.4, -0.2) is 15.8 Å². The molecule has 0 aliphatic rings. The van der Waals surface area contributed by atoms with Crippen LogP contribution in [0.4, 0.5) is 4.79 Å². The van der Waals surface area contributed by atoms with Gasteiger partial charge in [0.25, 0.3) is 0 Å². The molecule has 0 aliphatic heterocycles. The van der Waals surface area contributed by atoms with Gasteiger partial charge in [-0.2, -0.15) is 9.78 Å². The molecule has 0 aromatic carbocycles. The zero-order valence-electron chi connectivity index (χ0n) is 7.83. The standard InChI is InChI=1S/C10H9N3OS/c14-10(13-7-2-5-12-13)11-6-4-9-3-1-8-15-9/h1-8H,(H,11,14). The van der Waals surface area contributed by atoms with Crippen molar-refractivity contribution in [2.24, 2.45) is 0 Å². The van der Waals surface area contributed by atoms with Crippen molar-refractivity contribution in [2.45, 2.75) is 0 Å². The summed E-state index contributed by atoms with van der Waals surface area (Å²) >= 11 is 1.61. The van der Waals surface area contributed by atoms with E-state index in [4.69, 9.17) is 0 Å². The van der Waals surface area contributed by atoms with Crippen LogP contribution < -0.4 is 5.32 Å². The molecular formula is C10H9N3OS. The average Bonchev–Trinajstić information content (AvgIpc) is 2.90. The third-order valence-electron chi connectivity index (χ3n) is 1.71. The van der Waals surface area contributed by atoms with E-state index in [2.05, 4.69) is 10.4 Å². The first-order valence-corrected chi connectivity index (χ1v) is 5.25. The summed E-state index contributed by atoms with van der Waals surface area (Å²) in [5, 5.41) is 8.40. The Bertz CT molecular complexity index is 445. The van der Waals surface area contributed by atoms with E-state index in [1.54, 1.807) is 36.0 Å². The first kappa shape index (κ1) is 9.67. The Kier molecular flexibility index (Phi) is 2.94. The number of aromatic nitrogens is 2. The Morgan fingerprint density at radius 3 is 3.13 bits per heavy atom. The van der Waals surface area contributed by atoms with Gasteiger partial charge in [-0.3, -0.25) is 0 Å². The van der Waals surface area contributed by atoms with Crippen molar-refractivity contribution in [1.82, 2.24) is 15.1 Å². The molecule has 1 N–H and O–H groups in total. The molecule has 2 aromatic heterocycles. The highest BCUT2D eigenvalue weighted by molar-refractivity contribution is 7.10. The average molecular weight is 219 g/mol. The molecule has 0 bridgehead atoms. The molecule has 0 atom stereocenters. The van der Waals surface area contributed by atoms with Crippen LogP contribution in [0.1, 0.15) is 4.88 Å². The molecule has 0 aliphatic carbocycles. The van der Waals surface area contributed by atoms with Crippen LogP contribution in [0.25, 0.3) is 6.08 Å². The molecule has 4 nitrogen and oxygen atoms in total. The Balaban J connectivity index is 1.91. The van der Waals surface area contributed by atoms with E-state index in [1.807, 2.05) is 23.6 Å². The molecule has 1 amide bonds. The van der Waals surface area contributed by atoms with Gasteiger partial charge in [0.15, 0.2) is 0 Å². The summed E-state index contributed by atoms with van der Waals surface area (Å²) in [6.45, 7) is 0. The second-order valence-electron chi connectivity index (χ2n) is 2.75. The number of thiophene rings is 1. The Labute approximate surface area is 90.9 Å². The smallest absolute Gasteiger partial charge is 0.313 e. The van der Waals surface area contributed by atoms with Crippen molar-refractivity contribution in [3.05, 3.63) is 47.0 Å². The summed E-state index contributed by atoms with van der Waals surface area (Å²) in [5.41, 5.74) is 0. The van der Waals surface area contributed by atoms with Crippen molar-refractivity contribution < 1.29 is 4.79 Å². The normalized spacial score (nSPS) is 10.7. The molecule has 2 heterocycles. The van der Waals surface area contributed by atoms with Gasteiger partial charge < -0.3 is 5.32 Å². The van der Waals surface area contributed by atoms with Gasteiger partial charge in [-0.15, -0.1) is 11.3 Å². The SMILES string of the molecule is O=C(NC=Cc1cccs1)n1cccn1. The van der Waals surface area contributed by atoms with E-state index in [0.717, 1.165) is 4.88 Å². The summed E-state index contributed by atoms with van der Waals surface area (Å²) in [5.74, 6) is 0. The topological polar surface area (TPSA) is 46.9 Å². The number of carbonyl (C=O) groups is 1. The molecule has 0 unspecified atom stereocenters. The summed E-state index contributed by atoms with van der Waals surface area (Å²) < 4.78 is 1.23. The number of nitrogens with zero attached hydrogens (tertiary/aromatic N) is 2. The van der Waals surface area contributed by atoms with Crippen LogP contribution in [0.3, 0.4) is 0 Å². The van der Waals surface area contributed by atoms with Gasteiger partial charge in [-0.05, 0) is 23.6 Å². The van der Waals surface area contributed by atoms with Crippen LogP contribution in [0.5, 0.6) is 0 Å². The zero-order valence-corrected chi connectivity index (χ0v) is 8.65. The predicted molar refractivity (Wildman–Crippen MR) is 59.5 cm³/mol. The highest BCUT2D eigenvalue weighted by atomic mass is 32.1. The van der Waals surface area contributed by atoms with E-state index in [1.165, 1.54) is 4.68 Å². The maximum Gasteiger partial charge on any atom is 0.346 e. The highest BCUT2D eigenvalue weighted by Gasteiger charge is 1.99. The Morgan fingerprint density at radius 2 is 2.47 bits per heavy atom. The summed E-state index contributed by atoms with van der Waals surface area (Å²) in [6, 6.07) is 5.36. The minimum atomic E-state index is -0.271. The summed E-state index contributed by atoms with van der Waals surface area (Å²) in [4.78, 5) is 12.5. The lowest BCUT2D eigenvalue weighted by molar-refractivity contribution is 0.243. The quantitative estimate of drug-likeness (QED) is 0.841. The highest BCUT2D eigenvalue weighted by Crippen LogP contribution is 2.09. The summed E-state index contributed by atoms with van der Waals surface area (Å²) in [6.07, 6.45) is 6.60. The lowest BCUT2D eigenvalue weighted by Gasteiger charge is -1.97. The molecular weight excluding hydrogens is 210 g/mol. The van der Waals surface area contributed by atoms with Gasteiger partial charge in [0.1, 0.15) is 0 Å². The Hall–Kier alpha value is -1.88. The molecule has 0 saturated carbocycles. The minimum Gasteiger partial charge on any atom is -0.313 e. The number of carbonyl (C=O) groups excluding carboxylic acids is 1. The number of amides is 1. The third-order valence-corrected chi connectivity index (χ3v) is 2.55. The van der Waals surface area contributed by atoms with Crippen molar-refractivity contribution in [2.75, 3.05) is 0 Å².